The highest BCUT2D eigenvalue weighted by Gasteiger charge is 2.36. The van der Waals surface area contributed by atoms with Gasteiger partial charge in [-0.25, -0.2) is 9.69 Å². The van der Waals surface area contributed by atoms with Crippen LogP contribution in [0, 0.1) is 0 Å². The Bertz CT molecular complexity index is 1760. The second-order valence-corrected chi connectivity index (χ2v) is 11.7. The lowest BCUT2D eigenvalue weighted by Crippen LogP contribution is -2.50. The largest absolute Gasteiger partial charge is 0.497 e. The number of amides is 2. The molecule has 0 spiro atoms. The van der Waals surface area contributed by atoms with Gasteiger partial charge in [-0.05, 0) is 59.9 Å². The van der Waals surface area contributed by atoms with Crippen molar-refractivity contribution in [2.75, 3.05) is 32.3 Å². The zero-order valence-corrected chi connectivity index (χ0v) is 26.6. The molecule has 0 unspecified atom stereocenters. The zero-order valence-electron chi connectivity index (χ0n) is 26.6. The van der Waals surface area contributed by atoms with Crippen molar-refractivity contribution in [1.29, 1.82) is 0 Å². The van der Waals surface area contributed by atoms with Crippen molar-refractivity contribution < 1.29 is 23.8 Å². The van der Waals surface area contributed by atoms with E-state index in [4.69, 9.17) is 19.9 Å². The quantitative estimate of drug-likeness (QED) is 0.170. The molecule has 1 aliphatic rings. The zero-order chi connectivity index (χ0) is 32.8. The predicted molar refractivity (Wildman–Crippen MR) is 183 cm³/mol. The maximum Gasteiger partial charge on any atom is 0.420 e. The number of aromatic nitrogens is 1. The molecule has 0 bridgehead atoms. The Labute approximate surface area is 274 Å². The third-order valence-electron chi connectivity index (χ3n) is 8.82. The molecule has 47 heavy (non-hydrogen) atoms. The summed E-state index contributed by atoms with van der Waals surface area (Å²) in [6.07, 6.45) is 0.434. The minimum Gasteiger partial charge on any atom is -0.497 e. The number of hydrogen-bond acceptors (Lipinski definition) is 7. The van der Waals surface area contributed by atoms with Gasteiger partial charge in [-0.15, -0.1) is 0 Å². The van der Waals surface area contributed by atoms with Crippen LogP contribution in [0.25, 0.3) is 10.9 Å². The van der Waals surface area contributed by atoms with E-state index in [-0.39, 0.29) is 12.1 Å². The van der Waals surface area contributed by atoms with E-state index in [0.717, 1.165) is 43.9 Å². The van der Waals surface area contributed by atoms with E-state index >= 15 is 0 Å². The summed E-state index contributed by atoms with van der Waals surface area (Å²) in [4.78, 5) is 32.1. The number of fused-ring (bicyclic) bond motifs is 1. The summed E-state index contributed by atoms with van der Waals surface area (Å²) in [6, 6.07) is 33.7. The first-order valence-electron chi connectivity index (χ1n) is 15.8. The third kappa shape index (κ3) is 7.07. The molecule has 1 aliphatic heterocycles. The number of nitrogens with zero attached hydrogens (tertiary/aromatic N) is 1. The summed E-state index contributed by atoms with van der Waals surface area (Å²) < 4.78 is 16.8. The number of H-pyrrole nitrogens is 1. The number of aromatic amines is 1. The maximum atomic E-state index is 14.2. The number of carbonyl (C=O) groups excluding carboxylic acids is 2. The molecule has 1 aromatic heterocycles. The molecule has 242 valence electrons. The van der Waals surface area contributed by atoms with Crippen LogP contribution in [0.5, 0.6) is 5.75 Å². The van der Waals surface area contributed by atoms with Crippen LogP contribution in [0.4, 0.5) is 10.5 Å². The number of methoxy groups -OCH3 is 2. The smallest absolute Gasteiger partial charge is 0.420 e. The van der Waals surface area contributed by atoms with E-state index in [1.165, 1.54) is 7.11 Å². The number of nitrogens with two attached hydrogens (primary N) is 1. The lowest BCUT2D eigenvalue weighted by molar-refractivity contribution is -0.119. The van der Waals surface area contributed by atoms with Gasteiger partial charge in [0, 0.05) is 29.1 Å². The normalized spacial score (nSPS) is 16.9. The fraction of sp³-hybridized carbons (Fsp3) is 0.263. The van der Waals surface area contributed by atoms with Crippen molar-refractivity contribution >= 4 is 28.6 Å². The molecular weight excluding hydrogens is 592 g/mol. The molecule has 2 amide bonds. The van der Waals surface area contributed by atoms with Crippen molar-refractivity contribution in [3.63, 3.8) is 0 Å². The SMILES string of the molecule is COC(=O)N(C(=O)[C@@H](N)C(c1ccccc1)c1ccccc1)c1ccccc1CC[C@@H]1CN[C@H](c2cc3cc(OC)ccc3[nH]2)CO1. The molecule has 3 atom stereocenters. The van der Waals surface area contributed by atoms with Crippen LogP contribution in [0.3, 0.4) is 0 Å². The van der Waals surface area contributed by atoms with Gasteiger partial charge in [-0.2, -0.15) is 0 Å². The molecule has 9 heteroatoms. The van der Waals surface area contributed by atoms with Gasteiger partial charge in [-0.1, -0.05) is 78.9 Å². The number of imide groups is 1. The Morgan fingerprint density at radius 2 is 1.60 bits per heavy atom. The van der Waals surface area contributed by atoms with Gasteiger partial charge >= 0.3 is 6.09 Å². The molecule has 2 heterocycles. The molecule has 4 aromatic carbocycles. The number of carbonyl (C=O) groups is 2. The summed E-state index contributed by atoms with van der Waals surface area (Å²) in [6.45, 7) is 1.17. The Balaban J connectivity index is 1.17. The number of rotatable bonds is 10. The van der Waals surface area contributed by atoms with E-state index < -0.39 is 24.0 Å². The van der Waals surface area contributed by atoms with Crippen molar-refractivity contribution in [3.05, 3.63) is 132 Å². The molecule has 5 aromatic rings. The topological polar surface area (TPSA) is 119 Å². The van der Waals surface area contributed by atoms with Gasteiger partial charge < -0.3 is 30.2 Å². The van der Waals surface area contributed by atoms with Crippen molar-refractivity contribution in [1.82, 2.24) is 10.3 Å². The van der Waals surface area contributed by atoms with Crippen molar-refractivity contribution in [3.8, 4) is 5.75 Å². The van der Waals surface area contributed by atoms with E-state index in [1.54, 1.807) is 19.2 Å². The van der Waals surface area contributed by atoms with E-state index in [2.05, 4.69) is 16.4 Å². The molecule has 9 nitrogen and oxygen atoms in total. The summed E-state index contributed by atoms with van der Waals surface area (Å²) in [7, 11) is 2.93. The Morgan fingerprint density at radius 3 is 2.23 bits per heavy atom. The Morgan fingerprint density at radius 1 is 0.915 bits per heavy atom. The number of nitrogens with one attached hydrogen (secondary N) is 2. The summed E-state index contributed by atoms with van der Waals surface area (Å²) in [5.74, 6) is -0.201. The highest BCUT2D eigenvalue weighted by Crippen LogP contribution is 2.32. The first-order chi connectivity index (χ1) is 23.0. The fourth-order valence-electron chi connectivity index (χ4n) is 6.33. The molecule has 0 radical (unpaired) electrons. The van der Waals surface area contributed by atoms with Crippen molar-refractivity contribution in [2.45, 2.75) is 36.9 Å². The number of anilines is 1. The highest BCUT2D eigenvalue weighted by atomic mass is 16.5. The molecular formula is C38H40N4O5. The van der Waals surface area contributed by atoms with Crippen LogP contribution in [0.2, 0.25) is 0 Å². The number of benzene rings is 4. The lowest BCUT2D eigenvalue weighted by atomic mass is 9.84. The van der Waals surface area contributed by atoms with Gasteiger partial charge in [0.1, 0.15) is 5.75 Å². The van der Waals surface area contributed by atoms with Gasteiger partial charge in [0.05, 0.1) is 44.7 Å². The van der Waals surface area contributed by atoms with Gasteiger partial charge in [0.15, 0.2) is 0 Å². The van der Waals surface area contributed by atoms with Gasteiger partial charge in [0.2, 0.25) is 0 Å². The first kappa shape index (κ1) is 32.0. The first-order valence-corrected chi connectivity index (χ1v) is 15.8. The minimum atomic E-state index is -1.06. The van der Waals surface area contributed by atoms with E-state index in [1.807, 2.05) is 91.0 Å². The average molecular weight is 633 g/mol. The number of ether oxygens (including phenoxy) is 3. The van der Waals surface area contributed by atoms with E-state index in [0.29, 0.717) is 31.7 Å². The number of hydrogen-bond donors (Lipinski definition) is 3. The molecule has 1 fully saturated rings. The number of para-hydroxylation sites is 1. The second-order valence-electron chi connectivity index (χ2n) is 11.7. The number of morpholine rings is 1. The second kappa shape index (κ2) is 14.6. The minimum absolute atomic E-state index is 0.0352. The fourth-order valence-corrected chi connectivity index (χ4v) is 6.33. The summed E-state index contributed by atoms with van der Waals surface area (Å²) in [5, 5.41) is 4.70. The van der Waals surface area contributed by atoms with Crippen molar-refractivity contribution in [2.24, 2.45) is 5.73 Å². The molecule has 0 aliphatic carbocycles. The monoisotopic (exact) mass is 632 g/mol. The third-order valence-corrected chi connectivity index (χ3v) is 8.82. The molecule has 1 saturated heterocycles. The summed E-state index contributed by atoms with van der Waals surface area (Å²) >= 11 is 0. The molecule has 0 saturated carbocycles. The van der Waals surface area contributed by atoms with Crippen LogP contribution >= 0.6 is 0 Å². The van der Waals surface area contributed by atoms with Crippen LogP contribution < -0.4 is 20.7 Å². The Kier molecular flexibility index (Phi) is 9.97. The van der Waals surface area contributed by atoms with Crippen LogP contribution in [-0.4, -0.2) is 56.5 Å². The standard InChI is InChI=1S/C38H40N4O5/c1-45-29-19-20-31-28(21-29)22-32(41-31)33-24-47-30(23-40-33)18-17-25-11-9-10-16-34(25)42(38(44)46-2)37(43)36(39)35(26-12-5-3-6-13-26)27-14-7-4-8-15-27/h3-16,19-22,30,33,35-36,40-41H,17-18,23-24,39H2,1-2H3/t30-,33+,36+/m1/s1. The maximum absolute atomic E-state index is 14.2. The average Bonchev–Trinajstić information content (AvgIpc) is 3.56. The van der Waals surface area contributed by atoms with Crippen LogP contribution in [0.15, 0.2) is 109 Å². The van der Waals surface area contributed by atoms with Gasteiger partial charge in [-0.3, -0.25) is 4.79 Å². The van der Waals surface area contributed by atoms with E-state index in [9.17, 15) is 9.59 Å². The van der Waals surface area contributed by atoms with Crippen LogP contribution in [-0.2, 0) is 20.7 Å². The molecule has 6 rings (SSSR count). The van der Waals surface area contributed by atoms with Gasteiger partial charge in [0.25, 0.3) is 5.91 Å². The summed E-state index contributed by atoms with van der Waals surface area (Å²) in [5.41, 5.74) is 11.9. The number of aryl methyl sites for hydroxylation is 1. The molecule has 4 N–H and O–H groups in total. The lowest BCUT2D eigenvalue weighted by Gasteiger charge is -2.31. The Hall–Kier alpha value is -4.96. The predicted octanol–water partition coefficient (Wildman–Crippen LogP) is 6.10. The van der Waals surface area contributed by atoms with Crippen LogP contribution in [0.1, 0.15) is 40.8 Å². The highest BCUT2D eigenvalue weighted by molar-refractivity contribution is 6.15.